The van der Waals surface area contributed by atoms with Crippen LogP contribution >= 0.6 is 0 Å². The van der Waals surface area contributed by atoms with Crippen LogP contribution in [0, 0.1) is 13.8 Å². The monoisotopic (exact) mass is 333 g/mol. The number of carbonyl (C=O) groups excluding carboxylic acids is 1. The van der Waals surface area contributed by atoms with Crippen molar-refractivity contribution in [3.05, 3.63) is 45.9 Å². The molecule has 8 nitrogen and oxygen atoms in total. The lowest BCUT2D eigenvalue weighted by Crippen LogP contribution is -2.34. The van der Waals surface area contributed by atoms with Crippen molar-refractivity contribution in [2.75, 3.05) is 13.7 Å². The van der Waals surface area contributed by atoms with Crippen LogP contribution in [0.2, 0.25) is 0 Å². The van der Waals surface area contributed by atoms with Gasteiger partial charge in [0.1, 0.15) is 0 Å². The van der Waals surface area contributed by atoms with Crippen LogP contribution < -0.4 is 11.0 Å². The number of amides is 1. The van der Waals surface area contributed by atoms with E-state index >= 15 is 0 Å². The van der Waals surface area contributed by atoms with E-state index in [0.717, 1.165) is 11.4 Å². The summed E-state index contributed by atoms with van der Waals surface area (Å²) in [6.45, 7) is 4.23. The number of aryl methyl sites for hydroxylation is 3. The van der Waals surface area contributed by atoms with Gasteiger partial charge >= 0.3 is 5.69 Å². The summed E-state index contributed by atoms with van der Waals surface area (Å²) in [6.07, 6.45) is 1.86. The van der Waals surface area contributed by atoms with E-state index < -0.39 is 0 Å². The first-order chi connectivity index (χ1) is 11.4. The molecule has 8 heteroatoms. The predicted octanol–water partition coefficient (Wildman–Crippen LogP) is 0.488. The Morgan fingerprint density at radius 2 is 2.17 bits per heavy atom. The first kappa shape index (κ1) is 17.9. The number of carbonyl (C=O) groups is 1. The molecule has 1 unspecified atom stereocenters. The SMILES string of the molecule is COCC(NC(=O)CCn1c(C)cc(C)nc1=O)c1ccnn1C. The average molecular weight is 333 g/mol. The van der Waals surface area contributed by atoms with Gasteiger partial charge in [-0.1, -0.05) is 0 Å². The Balaban J connectivity index is 2.02. The molecule has 2 aromatic heterocycles. The molecule has 2 aromatic rings. The molecule has 1 N–H and O–H groups in total. The van der Waals surface area contributed by atoms with Crippen molar-refractivity contribution < 1.29 is 9.53 Å². The van der Waals surface area contributed by atoms with Crippen molar-refractivity contribution in [1.82, 2.24) is 24.6 Å². The van der Waals surface area contributed by atoms with Gasteiger partial charge in [-0.05, 0) is 26.0 Å². The van der Waals surface area contributed by atoms with Crippen LogP contribution in [0.1, 0.15) is 29.5 Å². The molecular formula is C16H23N5O3. The maximum Gasteiger partial charge on any atom is 0.347 e. The number of nitrogens with zero attached hydrogens (tertiary/aromatic N) is 4. The van der Waals surface area contributed by atoms with Crippen molar-refractivity contribution in [2.24, 2.45) is 7.05 Å². The molecule has 0 fully saturated rings. The second kappa shape index (κ2) is 7.87. The molecule has 0 aromatic carbocycles. The van der Waals surface area contributed by atoms with Crippen LogP contribution in [0.4, 0.5) is 0 Å². The van der Waals surface area contributed by atoms with E-state index in [4.69, 9.17) is 4.74 Å². The van der Waals surface area contributed by atoms with Crippen LogP contribution in [-0.2, 0) is 23.1 Å². The Bertz CT molecular complexity index is 765. The summed E-state index contributed by atoms with van der Waals surface area (Å²) >= 11 is 0. The Hall–Kier alpha value is -2.48. The third kappa shape index (κ3) is 4.29. The molecule has 1 amide bonds. The van der Waals surface area contributed by atoms with E-state index in [2.05, 4.69) is 15.4 Å². The first-order valence-electron chi connectivity index (χ1n) is 7.73. The lowest BCUT2D eigenvalue weighted by molar-refractivity contribution is -0.122. The average Bonchev–Trinajstić information content (AvgIpc) is 2.91. The molecule has 0 bridgehead atoms. The van der Waals surface area contributed by atoms with Gasteiger partial charge in [-0.3, -0.25) is 14.0 Å². The summed E-state index contributed by atoms with van der Waals surface area (Å²) in [6, 6.07) is 3.37. The number of methoxy groups -OCH3 is 1. The van der Waals surface area contributed by atoms with Crippen LogP contribution in [0.25, 0.3) is 0 Å². The van der Waals surface area contributed by atoms with Crippen LogP contribution in [-0.4, -0.2) is 39.0 Å². The first-order valence-corrected chi connectivity index (χ1v) is 7.73. The number of rotatable bonds is 7. The fourth-order valence-electron chi connectivity index (χ4n) is 2.62. The summed E-state index contributed by atoms with van der Waals surface area (Å²) in [7, 11) is 3.39. The van der Waals surface area contributed by atoms with Gasteiger partial charge in [0, 0.05) is 44.7 Å². The standard InChI is InChI=1S/C16H23N5O3/c1-11-9-12(2)21(16(23)18-11)8-6-15(22)19-13(10-24-4)14-5-7-17-20(14)3/h5,7,9,13H,6,8,10H2,1-4H3,(H,19,22). The van der Waals surface area contributed by atoms with Gasteiger partial charge in [0.25, 0.3) is 0 Å². The molecule has 2 heterocycles. The summed E-state index contributed by atoms with van der Waals surface area (Å²) in [5.41, 5.74) is 1.99. The van der Waals surface area contributed by atoms with Crippen LogP contribution in [0.15, 0.2) is 23.1 Å². The number of ether oxygens (including phenoxy) is 1. The number of nitrogens with one attached hydrogen (secondary N) is 1. The number of hydrogen-bond donors (Lipinski definition) is 1. The van der Waals surface area contributed by atoms with Gasteiger partial charge in [0.05, 0.1) is 18.3 Å². The normalized spacial score (nSPS) is 12.2. The van der Waals surface area contributed by atoms with Gasteiger partial charge < -0.3 is 10.1 Å². The lowest BCUT2D eigenvalue weighted by atomic mass is 10.2. The van der Waals surface area contributed by atoms with Crippen molar-refractivity contribution in [1.29, 1.82) is 0 Å². The Labute approximate surface area is 140 Å². The van der Waals surface area contributed by atoms with Gasteiger partial charge in [-0.25, -0.2) is 4.79 Å². The maximum absolute atomic E-state index is 12.3. The molecular weight excluding hydrogens is 310 g/mol. The summed E-state index contributed by atoms with van der Waals surface area (Å²) in [5, 5.41) is 7.03. The van der Waals surface area contributed by atoms with E-state index in [1.807, 2.05) is 26.1 Å². The zero-order valence-corrected chi connectivity index (χ0v) is 14.4. The molecule has 2 rings (SSSR count). The van der Waals surface area contributed by atoms with Gasteiger partial charge in [0.15, 0.2) is 0 Å². The van der Waals surface area contributed by atoms with Gasteiger partial charge in [-0.2, -0.15) is 10.1 Å². The molecule has 0 radical (unpaired) electrons. The van der Waals surface area contributed by atoms with Gasteiger partial charge in [-0.15, -0.1) is 0 Å². The fraction of sp³-hybridized carbons (Fsp3) is 0.500. The van der Waals surface area contributed by atoms with E-state index in [-0.39, 0.29) is 30.6 Å². The number of hydrogen-bond acceptors (Lipinski definition) is 5. The number of aromatic nitrogens is 4. The fourth-order valence-corrected chi connectivity index (χ4v) is 2.62. The second-order valence-electron chi connectivity index (χ2n) is 5.68. The minimum atomic E-state index is -0.333. The molecule has 0 aliphatic carbocycles. The molecule has 0 saturated carbocycles. The molecule has 0 aliphatic heterocycles. The van der Waals surface area contributed by atoms with E-state index in [9.17, 15) is 9.59 Å². The molecule has 1 atom stereocenters. The van der Waals surface area contributed by atoms with E-state index in [1.165, 1.54) is 4.57 Å². The summed E-state index contributed by atoms with van der Waals surface area (Å²) in [5.74, 6) is -0.162. The predicted molar refractivity (Wildman–Crippen MR) is 88.6 cm³/mol. The minimum Gasteiger partial charge on any atom is -0.382 e. The Morgan fingerprint density at radius 1 is 1.42 bits per heavy atom. The highest BCUT2D eigenvalue weighted by molar-refractivity contribution is 5.76. The Morgan fingerprint density at radius 3 is 2.75 bits per heavy atom. The zero-order chi connectivity index (χ0) is 17.7. The maximum atomic E-state index is 12.3. The highest BCUT2D eigenvalue weighted by Crippen LogP contribution is 2.12. The van der Waals surface area contributed by atoms with Crippen molar-refractivity contribution in [3.8, 4) is 0 Å². The van der Waals surface area contributed by atoms with Crippen LogP contribution in [0.5, 0.6) is 0 Å². The lowest BCUT2D eigenvalue weighted by Gasteiger charge is -2.18. The topological polar surface area (TPSA) is 91.0 Å². The molecule has 130 valence electrons. The summed E-state index contributed by atoms with van der Waals surface area (Å²) < 4.78 is 8.38. The molecule has 24 heavy (non-hydrogen) atoms. The van der Waals surface area contributed by atoms with Gasteiger partial charge in [0.2, 0.25) is 5.91 Å². The third-order valence-electron chi connectivity index (χ3n) is 3.79. The highest BCUT2D eigenvalue weighted by Gasteiger charge is 2.17. The molecule has 0 saturated heterocycles. The molecule has 0 aliphatic rings. The van der Waals surface area contributed by atoms with E-state index in [1.54, 1.807) is 24.9 Å². The minimum absolute atomic E-state index is 0.162. The van der Waals surface area contributed by atoms with Crippen molar-refractivity contribution in [2.45, 2.75) is 32.9 Å². The Kier molecular flexibility index (Phi) is 5.86. The quantitative estimate of drug-likeness (QED) is 0.796. The smallest absolute Gasteiger partial charge is 0.347 e. The van der Waals surface area contributed by atoms with Crippen molar-refractivity contribution >= 4 is 5.91 Å². The third-order valence-corrected chi connectivity index (χ3v) is 3.79. The highest BCUT2D eigenvalue weighted by atomic mass is 16.5. The largest absolute Gasteiger partial charge is 0.382 e. The second-order valence-corrected chi connectivity index (χ2v) is 5.68. The van der Waals surface area contributed by atoms with Crippen LogP contribution in [0.3, 0.4) is 0 Å². The zero-order valence-electron chi connectivity index (χ0n) is 14.4. The van der Waals surface area contributed by atoms with Crippen molar-refractivity contribution in [3.63, 3.8) is 0 Å². The molecule has 0 spiro atoms. The van der Waals surface area contributed by atoms with E-state index in [0.29, 0.717) is 12.3 Å². The summed E-state index contributed by atoms with van der Waals surface area (Å²) in [4.78, 5) is 28.1.